The van der Waals surface area contributed by atoms with Gasteiger partial charge < -0.3 is 15.3 Å². The number of pyridine rings is 1. The molecule has 0 aliphatic heterocycles. The number of aromatic nitrogens is 3. The van der Waals surface area contributed by atoms with Gasteiger partial charge in [0.15, 0.2) is 5.52 Å². The molecule has 2 aromatic heterocycles. The van der Waals surface area contributed by atoms with Crippen molar-refractivity contribution in [1.82, 2.24) is 19.4 Å². The minimum absolute atomic E-state index is 0.210. The summed E-state index contributed by atoms with van der Waals surface area (Å²) in [5.74, 6) is 0. The van der Waals surface area contributed by atoms with Crippen LogP contribution in [0.1, 0.15) is 11.1 Å². The Labute approximate surface area is 149 Å². The number of nitrogens with zero attached hydrogens (tertiary/aromatic N) is 3. The van der Waals surface area contributed by atoms with E-state index in [0.717, 1.165) is 16.8 Å². The Morgan fingerprint density at radius 2 is 2.16 bits per heavy atom. The van der Waals surface area contributed by atoms with Crippen molar-refractivity contribution in [2.24, 2.45) is 7.05 Å². The summed E-state index contributed by atoms with van der Waals surface area (Å²) in [4.78, 5) is 17.2. The van der Waals surface area contributed by atoms with Crippen LogP contribution >= 0.6 is 11.6 Å². The van der Waals surface area contributed by atoms with Gasteiger partial charge in [-0.15, -0.1) is 0 Å². The van der Waals surface area contributed by atoms with Gasteiger partial charge in [-0.2, -0.15) is 0 Å². The molecule has 0 saturated carbocycles. The first-order valence-corrected chi connectivity index (χ1v) is 8.07. The van der Waals surface area contributed by atoms with Gasteiger partial charge in [0.1, 0.15) is 0 Å². The summed E-state index contributed by atoms with van der Waals surface area (Å²) in [5, 5.41) is 11.3. The number of fused-ring (bicyclic) bond motifs is 1. The molecule has 0 bridgehead atoms. The fourth-order valence-electron chi connectivity index (χ4n) is 2.90. The van der Waals surface area contributed by atoms with Crippen molar-refractivity contribution in [3.05, 3.63) is 63.4 Å². The van der Waals surface area contributed by atoms with Crippen LogP contribution in [-0.4, -0.2) is 27.4 Å². The molecule has 128 valence electrons. The molecular formula is C18H18ClN5O. The summed E-state index contributed by atoms with van der Waals surface area (Å²) >= 11 is 6.04. The maximum Gasteiger partial charge on any atom is 0.283 e. The minimum atomic E-state index is -0.210. The third-order valence-corrected chi connectivity index (χ3v) is 4.29. The highest BCUT2D eigenvalue weighted by molar-refractivity contribution is 6.30. The standard InChI is InChI=1S/C18H18ClN5O/c1-11-6-13(19)4-5-15(11)24-9-14(12(7-20)8-21-2)17-16(18(24)25)22-10-23(17)3/h4-10,20-21H,1-3H3/b12-8+,20-7?. The van der Waals surface area contributed by atoms with E-state index in [-0.39, 0.29) is 5.56 Å². The quantitative estimate of drug-likeness (QED) is 0.706. The molecule has 0 aliphatic carbocycles. The zero-order valence-electron chi connectivity index (χ0n) is 14.2. The smallest absolute Gasteiger partial charge is 0.283 e. The van der Waals surface area contributed by atoms with E-state index in [4.69, 9.17) is 17.0 Å². The summed E-state index contributed by atoms with van der Waals surface area (Å²) in [6, 6.07) is 5.37. The van der Waals surface area contributed by atoms with Crippen LogP contribution in [0.2, 0.25) is 5.02 Å². The Bertz CT molecular complexity index is 1060. The van der Waals surface area contributed by atoms with Crippen LogP contribution in [0.5, 0.6) is 0 Å². The SMILES string of the molecule is CN/C=C(\C=N)c1cn(-c2ccc(Cl)cc2C)c(=O)c2ncn(C)c12. The van der Waals surface area contributed by atoms with E-state index in [1.165, 1.54) is 6.21 Å². The van der Waals surface area contributed by atoms with Gasteiger partial charge in [-0.25, -0.2) is 4.98 Å². The van der Waals surface area contributed by atoms with Crippen molar-refractivity contribution in [2.75, 3.05) is 7.05 Å². The number of benzene rings is 1. The van der Waals surface area contributed by atoms with E-state index in [9.17, 15) is 4.79 Å². The lowest BCUT2D eigenvalue weighted by Gasteiger charge is -2.13. The molecule has 1 aromatic carbocycles. The van der Waals surface area contributed by atoms with Gasteiger partial charge in [-0.3, -0.25) is 9.36 Å². The third-order valence-electron chi connectivity index (χ3n) is 4.06. The van der Waals surface area contributed by atoms with E-state index >= 15 is 0 Å². The molecule has 0 unspecified atom stereocenters. The molecular weight excluding hydrogens is 338 g/mol. The first-order chi connectivity index (χ1) is 12.0. The first kappa shape index (κ1) is 17.0. The fraction of sp³-hybridized carbons (Fsp3) is 0.167. The van der Waals surface area contributed by atoms with Crippen LogP contribution in [0.3, 0.4) is 0 Å². The number of hydrogen-bond acceptors (Lipinski definition) is 4. The summed E-state index contributed by atoms with van der Waals surface area (Å²) in [5.41, 5.74) is 3.85. The van der Waals surface area contributed by atoms with Gasteiger partial charge in [-0.05, 0) is 30.7 Å². The molecule has 0 atom stereocenters. The van der Waals surface area contributed by atoms with E-state index in [2.05, 4.69) is 10.3 Å². The number of allylic oxidation sites excluding steroid dienone is 1. The molecule has 0 aliphatic rings. The van der Waals surface area contributed by atoms with Crippen molar-refractivity contribution in [2.45, 2.75) is 6.92 Å². The topological polar surface area (TPSA) is 75.7 Å². The van der Waals surface area contributed by atoms with E-state index in [0.29, 0.717) is 21.6 Å². The molecule has 3 rings (SSSR count). The number of nitrogens with one attached hydrogen (secondary N) is 2. The largest absolute Gasteiger partial charge is 0.393 e. The number of halogens is 1. The van der Waals surface area contributed by atoms with Crippen molar-refractivity contribution in [1.29, 1.82) is 5.41 Å². The predicted octanol–water partition coefficient (Wildman–Crippen LogP) is 2.90. The molecule has 2 N–H and O–H groups in total. The summed E-state index contributed by atoms with van der Waals surface area (Å²) in [7, 11) is 3.60. The second-order valence-electron chi connectivity index (χ2n) is 5.73. The number of imidazole rings is 1. The number of rotatable bonds is 4. The zero-order chi connectivity index (χ0) is 18.1. The summed E-state index contributed by atoms with van der Waals surface area (Å²) in [6.07, 6.45) is 6.33. The fourth-order valence-corrected chi connectivity index (χ4v) is 3.13. The minimum Gasteiger partial charge on any atom is -0.393 e. The van der Waals surface area contributed by atoms with Crippen LogP contribution in [-0.2, 0) is 7.05 Å². The van der Waals surface area contributed by atoms with Crippen LogP contribution in [0.4, 0.5) is 0 Å². The average molecular weight is 356 g/mol. The van der Waals surface area contributed by atoms with Gasteiger partial charge in [0.25, 0.3) is 5.56 Å². The summed E-state index contributed by atoms with van der Waals surface area (Å²) in [6.45, 7) is 1.90. The first-order valence-electron chi connectivity index (χ1n) is 7.69. The van der Waals surface area contributed by atoms with Crippen molar-refractivity contribution in [3.8, 4) is 5.69 Å². The highest BCUT2D eigenvalue weighted by Crippen LogP contribution is 2.24. The van der Waals surface area contributed by atoms with E-state index in [1.807, 2.05) is 26.1 Å². The van der Waals surface area contributed by atoms with Gasteiger partial charge in [0.2, 0.25) is 0 Å². The maximum atomic E-state index is 13.0. The molecule has 0 spiro atoms. The lowest BCUT2D eigenvalue weighted by atomic mass is 10.1. The molecule has 25 heavy (non-hydrogen) atoms. The molecule has 2 heterocycles. The maximum absolute atomic E-state index is 13.0. The van der Waals surface area contributed by atoms with Crippen LogP contribution < -0.4 is 10.9 Å². The number of aryl methyl sites for hydroxylation is 2. The van der Waals surface area contributed by atoms with Crippen molar-refractivity contribution in [3.63, 3.8) is 0 Å². The van der Waals surface area contributed by atoms with Gasteiger partial charge >= 0.3 is 0 Å². The second kappa shape index (κ2) is 6.57. The highest BCUT2D eigenvalue weighted by atomic mass is 35.5. The zero-order valence-corrected chi connectivity index (χ0v) is 14.9. The Balaban J connectivity index is 2.42. The molecule has 6 nitrogen and oxygen atoms in total. The lowest BCUT2D eigenvalue weighted by molar-refractivity contribution is 0.941. The monoisotopic (exact) mass is 355 g/mol. The molecule has 0 radical (unpaired) electrons. The average Bonchev–Trinajstić information content (AvgIpc) is 2.97. The van der Waals surface area contributed by atoms with Crippen LogP contribution in [0, 0.1) is 12.3 Å². The van der Waals surface area contributed by atoms with Gasteiger partial charge in [-0.1, -0.05) is 11.6 Å². The third kappa shape index (κ3) is 2.85. The molecule has 0 saturated heterocycles. The van der Waals surface area contributed by atoms with Crippen LogP contribution in [0.25, 0.3) is 22.3 Å². The van der Waals surface area contributed by atoms with Gasteiger partial charge in [0, 0.05) is 48.9 Å². The Morgan fingerprint density at radius 3 is 2.80 bits per heavy atom. The Morgan fingerprint density at radius 1 is 1.40 bits per heavy atom. The molecule has 0 amide bonds. The van der Waals surface area contributed by atoms with Crippen molar-refractivity contribution < 1.29 is 0 Å². The van der Waals surface area contributed by atoms with Gasteiger partial charge in [0.05, 0.1) is 17.5 Å². The number of hydrogen-bond donors (Lipinski definition) is 2. The normalized spacial score (nSPS) is 11.8. The second-order valence-corrected chi connectivity index (χ2v) is 6.17. The molecule has 0 fully saturated rings. The van der Waals surface area contributed by atoms with Crippen LogP contribution in [0.15, 0.2) is 41.7 Å². The van der Waals surface area contributed by atoms with Crippen molar-refractivity contribution >= 4 is 34.4 Å². The molecule has 7 heteroatoms. The van der Waals surface area contributed by atoms with E-state index in [1.54, 1.807) is 41.0 Å². The highest BCUT2D eigenvalue weighted by Gasteiger charge is 2.17. The predicted molar refractivity (Wildman–Crippen MR) is 102 cm³/mol. The lowest BCUT2D eigenvalue weighted by Crippen LogP contribution is -2.20. The Kier molecular flexibility index (Phi) is 4.46. The Hall–Kier alpha value is -2.86. The van der Waals surface area contributed by atoms with E-state index < -0.39 is 0 Å². The molecule has 3 aromatic rings. The summed E-state index contributed by atoms with van der Waals surface area (Å²) < 4.78 is 3.35.